The number of fused-ring (bicyclic) bond motifs is 2. The number of aryl methyl sites for hydroxylation is 1. The van der Waals surface area contributed by atoms with Gasteiger partial charge in [0.25, 0.3) is 0 Å². The molecule has 0 N–H and O–H groups in total. The van der Waals surface area contributed by atoms with Gasteiger partial charge in [-0.05, 0) is 37.2 Å². The molecule has 14 heteroatoms. The van der Waals surface area contributed by atoms with Crippen LogP contribution in [0.3, 0.4) is 0 Å². The number of rotatable bonds is 10. The molecule has 4 heterocycles. The molecule has 1 amide bonds. The molecule has 0 unspecified atom stereocenters. The lowest BCUT2D eigenvalue weighted by Gasteiger charge is -2.26. The Morgan fingerprint density at radius 1 is 1.07 bits per heavy atom. The number of imidazole rings is 1. The predicted octanol–water partition coefficient (Wildman–Crippen LogP) is 5.91. The zero-order chi connectivity index (χ0) is 31.7. The Bertz CT molecular complexity index is 1870. The van der Waals surface area contributed by atoms with E-state index in [1.807, 2.05) is 6.92 Å². The van der Waals surface area contributed by atoms with E-state index in [1.165, 1.54) is 6.07 Å². The quantitative estimate of drug-likeness (QED) is 0.136. The van der Waals surface area contributed by atoms with Crippen LogP contribution >= 0.6 is 11.6 Å². The van der Waals surface area contributed by atoms with Crippen molar-refractivity contribution < 1.29 is 23.4 Å². The number of hydrogen-bond donors (Lipinski definition) is 0. The molecule has 0 aliphatic carbocycles. The lowest BCUT2D eigenvalue weighted by atomic mass is 10.2. The molecule has 0 spiro atoms. The van der Waals surface area contributed by atoms with Crippen molar-refractivity contribution in [1.82, 2.24) is 34.2 Å². The number of carbonyl (C=O) groups is 1. The first-order chi connectivity index (χ1) is 21.6. The van der Waals surface area contributed by atoms with Gasteiger partial charge in [0, 0.05) is 39.5 Å². The van der Waals surface area contributed by atoms with Crippen molar-refractivity contribution >= 4 is 47.6 Å². The molecule has 1 aliphatic rings. The third-order valence-electron chi connectivity index (χ3n) is 7.65. The summed E-state index contributed by atoms with van der Waals surface area (Å²) >= 11 is 6.77. The van der Waals surface area contributed by atoms with Gasteiger partial charge in [0.2, 0.25) is 5.91 Å². The SMILES string of the molecule is Cc1nc2ccc(Oc3ccc4ncc(-c5cnn(CC(=O)N6CCOCC6)c5)nc4c3Cl)c(F)c2n1COCC[Si](C)(C)C. The number of halogens is 2. The van der Waals surface area contributed by atoms with Crippen molar-refractivity contribution in [2.24, 2.45) is 0 Å². The Kier molecular flexibility index (Phi) is 8.86. The van der Waals surface area contributed by atoms with E-state index in [2.05, 4.69) is 34.7 Å². The average Bonchev–Trinajstić information content (AvgIpc) is 3.61. The van der Waals surface area contributed by atoms with Gasteiger partial charge in [0.05, 0.1) is 42.3 Å². The molecule has 1 saturated heterocycles. The first-order valence-corrected chi connectivity index (χ1v) is 18.9. The summed E-state index contributed by atoms with van der Waals surface area (Å²) in [5.41, 5.74) is 2.95. The summed E-state index contributed by atoms with van der Waals surface area (Å²) in [5.74, 6) is 0.295. The highest BCUT2D eigenvalue weighted by Gasteiger charge is 2.21. The Morgan fingerprint density at radius 3 is 2.60 bits per heavy atom. The summed E-state index contributed by atoms with van der Waals surface area (Å²) in [7, 11) is -1.26. The van der Waals surface area contributed by atoms with Gasteiger partial charge in [-0.15, -0.1) is 0 Å². The highest BCUT2D eigenvalue weighted by Crippen LogP contribution is 2.37. The Balaban J connectivity index is 1.23. The highest BCUT2D eigenvalue weighted by molar-refractivity contribution is 6.76. The molecular weight excluding hydrogens is 617 g/mol. The van der Waals surface area contributed by atoms with Crippen LogP contribution in [-0.4, -0.2) is 81.1 Å². The van der Waals surface area contributed by atoms with E-state index in [1.54, 1.807) is 50.9 Å². The molecule has 236 valence electrons. The summed E-state index contributed by atoms with van der Waals surface area (Å²) in [6, 6.07) is 7.62. The van der Waals surface area contributed by atoms with Gasteiger partial charge in [-0.25, -0.2) is 14.4 Å². The molecule has 1 aliphatic heterocycles. The Labute approximate surface area is 265 Å². The lowest BCUT2D eigenvalue weighted by molar-refractivity contribution is -0.136. The van der Waals surface area contributed by atoms with Crippen LogP contribution in [0.15, 0.2) is 42.9 Å². The monoisotopic (exact) mass is 651 g/mol. The van der Waals surface area contributed by atoms with E-state index in [9.17, 15) is 4.79 Å². The van der Waals surface area contributed by atoms with Crippen LogP contribution < -0.4 is 4.74 Å². The van der Waals surface area contributed by atoms with Crippen molar-refractivity contribution in [1.29, 1.82) is 0 Å². The van der Waals surface area contributed by atoms with Crippen LogP contribution in [0.4, 0.5) is 4.39 Å². The molecule has 6 rings (SSSR count). The van der Waals surface area contributed by atoms with E-state index in [-0.39, 0.29) is 35.7 Å². The van der Waals surface area contributed by atoms with Crippen molar-refractivity contribution in [3.63, 3.8) is 0 Å². The molecule has 0 atom stereocenters. The molecule has 0 radical (unpaired) electrons. The molecular formula is C31H35ClFN7O4Si. The van der Waals surface area contributed by atoms with Crippen molar-refractivity contribution in [2.45, 2.75) is 45.9 Å². The second-order valence-corrected chi connectivity index (χ2v) is 18.2. The van der Waals surface area contributed by atoms with Crippen LogP contribution in [0.2, 0.25) is 30.7 Å². The smallest absolute Gasteiger partial charge is 0.244 e. The normalized spacial score (nSPS) is 14.0. The number of benzene rings is 2. The predicted molar refractivity (Wildman–Crippen MR) is 172 cm³/mol. The fourth-order valence-corrected chi connectivity index (χ4v) is 6.04. The summed E-state index contributed by atoms with van der Waals surface area (Å²) in [6.07, 6.45) is 4.99. The maximum Gasteiger partial charge on any atom is 0.244 e. The number of ether oxygens (including phenoxy) is 3. The summed E-state index contributed by atoms with van der Waals surface area (Å²) in [5, 5.41) is 4.53. The maximum atomic E-state index is 15.9. The summed E-state index contributed by atoms with van der Waals surface area (Å²) in [4.78, 5) is 28.1. The van der Waals surface area contributed by atoms with Gasteiger partial charge < -0.3 is 23.7 Å². The van der Waals surface area contributed by atoms with Crippen molar-refractivity contribution in [2.75, 3.05) is 32.9 Å². The van der Waals surface area contributed by atoms with E-state index in [4.69, 9.17) is 30.8 Å². The van der Waals surface area contributed by atoms with E-state index in [0.29, 0.717) is 72.1 Å². The number of amides is 1. The van der Waals surface area contributed by atoms with Crippen LogP contribution in [0, 0.1) is 12.7 Å². The molecule has 1 fully saturated rings. The first kappa shape index (κ1) is 31.1. The van der Waals surface area contributed by atoms with Gasteiger partial charge >= 0.3 is 0 Å². The van der Waals surface area contributed by atoms with E-state index >= 15 is 4.39 Å². The molecule has 3 aromatic heterocycles. The van der Waals surface area contributed by atoms with Gasteiger partial charge in [-0.2, -0.15) is 5.10 Å². The zero-order valence-corrected chi connectivity index (χ0v) is 27.5. The van der Waals surface area contributed by atoms with Gasteiger partial charge in [0.15, 0.2) is 11.6 Å². The van der Waals surface area contributed by atoms with Gasteiger partial charge in [-0.3, -0.25) is 14.5 Å². The summed E-state index contributed by atoms with van der Waals surface area (Å²) < 4.78 is 36.5. The van der Waals surface area contributed by atoms with Gasteiger partial charge in [-0.1, -0.05) is 31.2 Å². The van der Waals surface area contributed by atoms with Crippen LogP contribution in [0.5, 0.6) is 11.5 Å². The molecule has 0 saturated carbocycles. The molecule has 2 aromatic carbocycles. The second kappa shape index (κ2) is 12.8. The second-order valence-electron chi connectivity index (χ2n) is 12.2. The molecule has 11 nitrogen and oxygen atoms in total. The third kappa shape index (κ3) is 6.86. The van der Waals surface area contributed by atoms with Gasteiger partial charge in [0.1, 0.15) is 40.9 Å². The Hall–Kier alpha value is -3.91. The summed E-state index contributed by atoms with van der Waals surface area (Å²) in [6.45, 7) is 11.8. The van der Waals surface area contributed by atoms with E-state index < -0.39 is 13.9 Å². The van der Waals surface area contributed by atoms with Crippen LogP contribution in [0.25, 0.3) is 33.3 Å². The minimum Gasteiger partial charge on any atom is -0.453 e. The number of carbonyl (C=O) groups excluding carboxylic acids is 1. The van der Waals surface area contributed by atoms with Crippen molar-refractivity contribution in [3.05, 3.63) is 59.5 Å². The first-order valence-electron chi connectivity index (χ1n) is 14.8. The minimum atomic E-state index is -1.26. The molecule has 5 aromatic rings. The van der Waals surface area contributed by atoms with Crippen LogP contribution in [0.1, 0.15) is 5.82 Å². The molecule has 0 bridgehead atoms. The number of aromatic nitrogens is 6. The average molecular weight is 652 g/mol. The standard InChI is InChI=1S/C31H35ClFN7O4Si/c1-20-36-23-6-8-26(29(33)31(23)40(20)19-43-13-14-45(2,3)4)44-25-7-5-22-30(28(25)32)37-24(16-34-22)21-15-35-39(17-21)18-27(41)38-9-11-42-12-10-38/h5-8,15-17H,9-14,18-19H2,1-4H3. The zero-order valence-electron chi connectivity index (χ0n) is 25.7. The number of morpholine rings is 1. The fourth-order valence-electron chi connectivity index (χ4n) is 5.05. The maximum absolute atomic E-state index is 15.9. The Morgan fingerprint density at radius 2 is 1.82 bits per heavy atom. The number of nitrogens with zero attached hydrogens (tertiary/aromatic N) is 7. The van der Waals surface area contributed by atoms with E-state index in [0.717, 1.165) is 6.04 Å². The topological polar surface area (TPSA) is 109 Å². The fraction of sp³-hybridized carbons (Fsp3) is 0.387. The lowest BCUT2D eigenvalue weighted by Crippen LogP contribution is -2.42. The largest absolute Gasteiger partial charge is 0.453 e. The van der Waals surface area contributed by atoms with Crippen molar-refractivity contribution in [3.8, 4) is 22.8 Å². The number of hydrogen-bond acceptors (Lipinski definition) is 8. The third-order valence-corrected chi connectivity index (χ3v) is 9.72. The van der Waals surface area contributed by atoms with Crippen LogP contribution in [-0.2, 0) is 27.5 Å². The molecule has 45 heavy (non-hydrogen) atoms. The minimum absolute atomic E-state index is 0.00215. The highest BCUT2D eigenvalue weighted by atomic mass is 35.5.